The number of nitrogens with zero attached hydrogens (tertiary/aromatic N) is 1. The van der Waals surface area contributed by atoms with Crippen molar-refractivity contribution in [1.82, 2.24) is 10.2 Å². The van der Waals surface area contributed by atoms with Crippen molar-refractivity contribution in [3.63, 3.8) is 0 Å². The van der Waals surface area contributed by atoms with Crippen molar-refractivity contribution >= 4 is 40.7 Å². The molecule has 180 valence electrons. The first-order chi connectivity index (χ1) is 16.2. The van der Waals surface area contributed by atoms with Gasteiger partial charge in [0.25, 0.3) is 0 Å². The average molecular weight is 483 g/mol. The van der Waals surface area contributed by atoms with E-state index < -0.39 is 12.0 Å². The molecule has 3 N–H and O–H groups in total. The van der Waals surface area contributed by atoms with Crippen molar-refractivity contribution in [2.75, 3.05) is 38.0 Å². The van der Waals surface area contributed by atoms with Gasteiger partial charge in [-0.25, -0.2) is 9.59 Å². The largest absolute Gasteiger partial charge is 0.460 e. The summed E-state index contributed by atoms with van der Waals surface area (Å²) in [5.74, 6) is -0.434. The third-order valence-electron chi connectivity index (χ3n) is 5.63. The molecule has 0 saturated heterocycles. The number of nitrogens with one attached hydrogen (secondary N) is 3. The van der Waals surface area contributed by atoms with Gasteiger partial charge < -0.3 is 30.3 Å². The van der Waals surface area contributed by atoms with Crippen molar-refractivity contribution in [1.29, 1.82) is 0 Å². The Morgan fingerprint density at radius 3 is 2.41 bits per heavy atom. The van der Waals surface area contributed by atoms with E-state index in [9.17, 15) is 9.59 Å². The van der Waals surface area contributed by atoms with Gasteiger partial charge in [0.1, 0.15) is 6.61 Å². The first-order valence-electron chi connectivity index (χ1n) is 10.9. The molecule has 0 bridgehead atoms. The Kier molecular flexibility index (Phi) is 8.25. The minimum absolute atomic E-state index is 0.158. The summed E-state index contributed by atoms with van der Waals surface area (Å²) in [5, 5.41) is 9.41. The number of rotatable bonds is 7. The van der Waals surface area contributed by atoms with Gasteiger partial charge >= 0.3 is 12.0 Å². The molecule has 0 aromatic heterocycles. The van der Waals surface area contributed by atoms with Crippen LogP contribution >= 0.6 is 12.2 Å². The first-order valence-corrected chi connectivity index (χ1v) is 11.3. The van der Waals surface area contributed by atoms with Crippen molar-refractivity contribution < 1.29 is 19.1 Å². The number of benzene rings is 2. The van der Waals surface area contributed by atoms with Crippen molar-refractivity contribution in [3.8, 4) is 0 Å². The zero-order valence-electron chi connectivity index (χ0n) is 20.0. The fourth-order valence-electron chi connectivity index (χ4n) is 3.64. The molecule has 0 radical (unpaired) electrons. The number of esters is 1. The van der Waals surface area contributed by atoms with Gasteiger partial charge in [-0.15, -0.1) is 0 Å². The van der Waals surface area contributed by atoms with Gasteiger partial charge in [-0.05, 0) is 62.3 Å². The number of hydrogen-bond acceptors (Lipinski definition) is 5. The third-order valence-corrected chi connectivity index (χ3v) is 6.02. The highest BCUT2D eigenvalue weighted by atomic mass is 32.1. The Morgan fingerprint density at radius 1 is 1.06 bits per heavy atom. The maximum atomic E-state index is 12.8. The van der Waals surface area contributed by atoms with Crippen LogP contribution in [0.25, 0.3) is 0 Å². The molecule has 1 heterocycles. The van der Waals surface area contributed by atoms with E-state index in [2.05, 4.69) is 16.0 Å². The summed E-state index contributed by atoms with van der Waals surface area (Å²) in [6.07, 6.45) is 0. The first kappa shape index (κ1) is 25.2. The lowest BCUT2D eigenvalue weighted by Crippen LogP contribution is -2.46. The maximum Gasteiger partial charge on any atom is 0.338 e. The molecular formula is C25H30N4O4S. The Balaban J connectivity index is 1.75. The Morgan fingerprint density at radius 2 is 1.76 bits per heavy atom. The zero-order chi connectivity index (χ0) is 24.8. The summed E-state index contributed by atoms with van der Waals surface area (Å²) in [4.78, 5) is 27.0. The van der Waals surface area contributed by atoms with E-state index in [4.69, 9.17) is 21.7 Å². The van der Waals surface area contributed by atoms with Crippen LogP contribution in [0.5, 0.6) is 0 Å². The van der Waals surface area contributed by atoms with Gasteiger partial charge in [0.05, 0.1) is 18.2 Å². The molecule has 1 aliphatic rings. The zero-order valence-corrected chi connectivity index (χ0v) is 20.8. The minimum atomic E-state index is -0.475. The normalized spacial score (nSPS) is 15.6. The molecule has 2 amide bonds. The number of aryl methyl sites for hydroxylation is 2. The van der Waals surface area contributed by atoms with Crippen LogP contribution in [0.1, 0.15) is 29.7 Å². The number of anilines is 2. The average Bonchev–Trinajstić information content (AvgIpc) is 2.79. The summed E-state index contributed by atoms with van der Waals surface area (Å²) in [5.41, 5.74) is 5.49. The van der Waals surface area contributed by atoms with E-state index in [0.717, 1.165) is 22.4 Å². The molecule has 8 nitrogen and oxygen atoms in total. The number of methoxy groups -OCH3 is 1. The van der Waals surface area contributed by atoms with Crippen LogP contribution in [-0.2, 0) is 14.3 Å². The van der Waals surface area contributed by atoms with E-state index in [1.165, 1.54) is 0 Å². The number of amides is 2. The standard InChI is InChI=1S/C25H30N4O4S/c1-15-6-11-20(16(2)14-15)27-24(31)26-19-9-7-18(8-10-19)22-21(23(30)33-13-12-32-5)17(3)29(4)25(34)28-22/h6-11,14,22H,12-13H2,1-5H3,(H,28,34)(H2,26,27,31). The highest BCUT2D eigenvalue weighted by molar-refractivity contribution is 7.80. The predicted molar refractivity (Wildman–Crippen MR) is 137 cm³/mol. The quantitative estimate of drug-likeness (QED) is 0.308. The lowest BCUT2D eigenvalue weighted by molar-refractivity contribution is -0.140. The number of allylic oxidation sites excluding steroid dienone is 1. The molecule has 3 rings (SSSR count). The summed E-state index contributed by atoms with van der Waals surface area (Å²) >= 11 is 5.43. The SMILES string of the molecule is COCCOC(=O)C1=C(C)N(C)C(=S)NC1c1ccc(NC(=O)Nc2ccc(C)cc2C)cc1. The minimum Gasteiger partial charge on any atom is -0.460 e. The Bertz CT molecular complexity index is 1110. The van der Waals surface area contributed by atoms with Gasteiger partial charge in [0.15, 0.2) is 5.11 Å². The smallest absolute Gasteiger partial charge is 0.338 e. The molecule has 0 spiro atoms. The lowest BCUT2D eigenvalue weighted by atomic mass is 9.95. The molecule has 1 aliphatic heterocycles. The second-order valence-electron chi connectivity index (χ2n) is 8.09. The predicted octanol–water partition coefficient (Wildman–Crippen LogP) is 4.27. The summed E-state index contributed by atoms with van der Waals surface area (Å²) in [6, 6.07) is 12.3. The molecule has 34 heavy (non-hydrogen) atoms. The van der Waals surface area contributed by atoms with Crippen molar-refractivity contribution in [2.24, 2.45) is 0 Å². The number of carbonyl (C=O) groups excluding carboxylic acids is 2. The van der Waals surface area contributed by atoms with Gasteiger partial charge in [-0.3, -0.25) is 0 Å². The molecule has 2 aromatic carbocycles. The topological polar surface area (TPSA) is 91.9 Å². The summed E-state index contributed by atoms with van der Waals surface area (Å²) < 4.78 is 10.4. The molecular weight excluding hydrogens is 452 g/mol. The maximum absolute atomic E-state index is 12.8. The second kappa shape index (κ2) is 11.1. The van der Waals surface area contributed by atoms with Gasteiger partial charge in [0.2, 0.25) is 0 Å². The molecule has 1 atom stereocenters. The molecule has 0 fully saturated rings. The van der Waals surface area contributed by atoms with E-state index in [0.29, 0.717) is 28.7 Å². The molecule has 9 heteroatoms. The third kappa shape index (κ3) is 5.92. The van der Waals surface area contributed by atoms with Gasteiger partial charge in [-0.2, -0.15) is 0 Å². The number of thiocarbonyl (C=S) groups is 1. The van der Waals surface area contributed by atoms with Crippen LogP contribution in [0.4, 0.5) is 16.2 Å². The summed E-state index contributed by atoms with van der Waals surface area (Å²) in [7, 11) is 3.35. The molecule has 0 aliphatic carbocycles. The fourth-order valence-corrected chi connectivity index (χ4v) is 3.90. The monoisotopic (exact) mass is 482 g/mol. The van der Waals surface area contributed by atoms with Crippen LogP contribution < -0.4 is 16.0 Å². The number of carbonyl (C=O) groups is 2. The van der Waals surface area contributed by atoms with E-state index >= 15 is 0 Å². The van der Waals surface area contributed by atoms with E-state index in [-0.39, 0.29) is 12.6 Å². The van der Waals surface area contributed by atoms with Crippen molar-refractivity contribution in [2.45, 2.75) is 26.8 Å². The van der Waals surface area contributed by atoms with Crippen LogP contribution in [0.2, 0.25) is 0 Å². The molecule has 1 unspecified atom stereocenters. The number of urea groups is 1. The van der Waals surface area contributed by atoms with Crippen LogP contribution in [-0.4, -0.2) is 49.4 Å². The number of hydrogen-bond donors (Lipinski definition) is 3. The van der Waals surface area contributed by atoms with Crippen LogP contribution in [0.15, 0.2) is 53.7 Å². The second-order valence-corrected chi connectivity index (χ2v) is 8.48. The number of ether oxygens (including phenoxy) is 2. The fraction of sp³-hybridized carbons (Fsp3) is 0.320. The Hall–Kier alpha value is -3.43. The van der Waals surface area contributed by atoms with Gasteiger partial charge in [0, 0.05) is 31.2 Å². The highest BCUT2D eigenvalue weighted by Gasteiger charge is 2.33. The molecule has 2 aromatic rings. The van der Waals surface area contributed by atoms with Gasteiger partial charge in [-0.1, -0.05) is 29.8 Å². The van der Waals surface area contributed by atoms with Crippen LogP contribution in [0.3, 0.4) is 0 Å². The van der Waals surface area contributed by atoms with E-state index in [1.807, 2.05) is 51.1 Å². The summed E-state index contributed by atoms with van der Waals surface area (Å²) in [6.45, 7) is 6.26. The van der Waals surface area contributed by atoms with Crippen molar-refractivity contribution in [3.05, 3.63) is 70.4 Å². The van der Waals surface area contributed by atoms with E-state index in [1.54, 1.807) is 31.2 Å². The highest BCUT2D eigenvalue weighted by Crippen LogP contribution is 2.31. The molecule has 0 saturated carbocycles. The Labute approximate surface area is 205 Å². The van der Waals surface area contributed by atoms with Crippen LogP contribution in [0, 0.1) is 13.8 Å². The lowest BCUT2D eigenvalue weighted by Gasteiger charge is -2.35.